The minimum atomic E-state index is -2.99. The van der Waals surface area contributed by atoms with Gasteiger partial charge in [0.15, 0.2) is 0 Å². The summed E-state index contributed by atoms with van der Waals surface area (Å²) in [5.41, 5.74) is 7.61. The van der Waals surface area contributed by atoms with Crippen molar-refractivity contribution in [1.29, 1.82) is 0 Å². The maximum atomic E-state index is 12.6. The first-order valence-electron chi connectivity index (χ1n) is 7.17. The van der Waals surface area contributed by atoms with E-state index < -0.39 is 14.6 Å². The Balaban J connectivity index is 2.34. The first-order valence-corrected chi connectivity index (χ1v) is 11.0. The van der Waals surface area contributed by atoms with Crippen LogP contribution in [0.1, 0.15) is 13.8 Å². The van der Waals surface area contributed by atoms with Gasteiger partial charge in [0.05, 0.1) is 5.70 Å². The number of carbonyl (C=O) groups excluding carboxylic acids is 1. The fraction of sp³-hybridized carbons (Fsp3) is 0.188. The van der Waals surface area contributed by atoms with Gasteiger partial charge in [0.25, 0.3) is 0 Å². The molecule has 0 bridgehead atoms. The third-order valence-electron chi connectivity index (χ3n) is 2.95. The van der Waals surface area contributed by atoms with E-state index in [9.17, 15) is 9.00 Å². The Bertz CT molecular complexity index is 917. The molecule has 1 aromatic carbocycles. The lowest BCUT2D eigenvalue weighted by Gasteiger charge is -1.98. The molecule has 0 saturated heterocycles. The quantitative estimate of drug-likeness (QED) is 0.796. The molecule has 2 aromatic rings. The van der Waals surface area contributed by atoms with Crippen LogP contribution in [0.4, 0.5) is 0 Å². The molecular weight excluding hydrogens is 362 g/mol. The lowest BCUT2D eigenvalue weighted by Crippen LogP contribution is -2.12. The van der Waals surface area contributed by atoms with E-state index in [4.69, 9.17) is 10.9 Å². The molecule has 0 aliphatic carbocycles. The van der Waals surface area contributed by atoms with Gasteiger partial charge in [-0.3, -0.25) is 4.79 Å². The van der Waals surface area contributed by atoms with Crippen LogP contribution in [-0.4, -0.2) is 10.1 Å². The molecule has 4 N–H and O–H groups in total. The second kappa shape index (κ2) is 7.89. The number of hydrogen-bond acceptors (Lipinski definition) is 4. The van der Waals surface area contributed by atoms with Crippen LogP contribution >= 0.6 is 11.3 Å². The number of allylic oxidation sites excluding steroid dienone is 1. The van der Waals surface area contributed by atoms with Gasteiger partial charge in [0.1, 0.15) is 12.9 Å². The third-order valence-corrected chi connectivity index (χ3v) is 7.59. The number of hydrogen-bond donors (Lipinski definition) is 2. The van der Waals surface area contributed by atoms with Gasteiger partial charge in [-0.1, -0.05) is 50.3 Å². The highest BCUT2D eigenvalue weighted by Crippen LogP contribution is 2.27. The van der Waals surface area contributed by atoms with Gasteiger partial charge >= 0.3 is 5.91 Å². The van der Waals surface area contributed by atoms with Crippen LogP contribution in [-0.2, 0) is 23.6 Å². The monoisotopic (exact) mass is 381 g/mol. The summed E-state index contributed by atoms with van der Waals surface area (Å²) in [4.78, 5) is 11.8. The smallest absolute Gasteiger partial charge is 0.303 e. The van der Waals surface area contributed by atoms with Gasteiger partial charge in [-0.2, -0.15) is 0 Å². The van der Waals surface area contributed by atoms with E-state index >= 15 is 0 Å². The Morgan fingerprint density at radius 2 is 1.96 bits per heavy atom. The van der Waals surface area contributed by atoms with Crippen molar-refractivity contribution in [2.45, 2.75) is 18.1 Å². The van der Waals surface area contributed by atoms with E-state index in [0.29, 0.717) is 14.3 Å². The van der Waals surface area contributed by atoms with E-state index in [0.717, 1.165) is 11.1 Å². The lowest BCUT2D eigenvalue weighted by molar-refractivity contribution is -0.114. The molecule has 2 rings (SSSR count). The standard InChI is InChI=1S/C16H19N3O2S3/c1-11(2)8-14(17)16(20)19-23-24(18,21)15-9-13(10-22-15)12-6-4-3-5-7-12/h3-11H,17H2,1-2H3,(H2,18,21)/b14-8-. The molecule has 1 unspecified atom stereocenters. The zero-order chi connectivity index (χ0) is 17.7. The Morgan fingerprint density at radius 1 is 1.29 bits per heavy atom. The number of rotatable bonds is 4. The minimum Gasteiger partial charge on any atom is -0.394 e. The summed E-state index contributed by atoms with van der Waals surface area (Å²) in [5, 5.41) is 7.76. The summed E-state index contributed by atoms with van der Waals surface area (Å²) in [7, 11) is -2.42. The van der Waals surface area contributed by atoms with Crippen LogP contribution in [0.2, 0.25) is 0 Å². The molecule has 1 amide bonds. The molecule has 1 aromatic heterocycles. The van der Waals surface area contributed by atoms with Crippen LogP contribution in [0, 0.1) is 5.92 Å². The van der Waals surface area contributed by atoms with Gasteiger partial charge in [0, 0.05) is 10.1 Å². The minimum absolute atomic E-state index is 0.0313. The van der Waals surface area contributed by atoms with Gasteiger partial charge in [-0.05, 0) is 28.5 Å². The van der Waals surface area contributed by atoms with E-state index in [1.165, 1.54) is 11.3 Å². The fourth-order valence-corrected chi connectivity index (χ4v) is 5.36. The second-order valence-electron chi connectivity index (χ2n) is 5.40. The highest BCUT2D eigenvalue weighted by molar-refractivity contribution is 8.35. The van der Waals surface area contributed by atoms with Crippen LogP contribution in [0.25, 0.3) is 11.1 Å². The fourth-order valence-electron chi connectivity index (χ4n) is 1.86. The summed E-state index contributed by atoms with van der Waals surface area (Å²) in [6, 6.07) is 11.5. The van der Waals surface area contributed by atoms with Crippen molar-refractivity contribution in [2.75, 3.05) is 0 Å². The summed E-state index contributed by atoms with van der Waals surface area (Å²) < 4.78 is 16.8. The summed E-state index contributed by atoms with van der Waals surface area (Å²) in [6.45, 7) is 3.80. The molecule has 0 spiro atoms. The Labute approximate surface area is 148 Å². The molecule has 24 heavy (non-hydrogen) atoms. The lowest BCUT2D eigenvalue weighted by atomic mass is 10.1. The topological polar surface area (TPSA) is 98.5 Å². The summed E-state index contributed by atoms with van der Waals surface area (Å²) >= 11 is 1.28. The molecule has 0 fully saturated rings. The van der Waals surface area contributed by atoms with Gasteiger partial charge in [-0.15, -0.1) is 15.7 Å². The number of amides is 1. The number of nitrogens with two attached hydrogens (primary N) is 2. The SMILES string of the molecule is CC(C)/C=C(\N)C(=O)N=S=S(N)(=O)c1cc(-c2ccccc2)cs1. The first kappa shape index (κ1) is 18.6. The largest absolute Gasteiger partial charge is 0.394 e. The average Bonchev–Trinajstić information content (AvgIpc) is 3.03. The molecule has 0 aliphatic heterocycles. The van der Waals surface area contributed by atoms with Crippen LogP contribution < -0.4 is 10.9 Å². The third kappa shape index (κ3) is 4.88. The molecular formula is C16H19N3O2S3. The number of benzene rings is 1. The van der Waals surface area contributed by atoms with Crippen LogP contribution in [0.3, 0.4) is 0 Å². The van der Waals surface area contributed by atoms with E-state index in [2.05, 4.69) is 4.36 Å². The Morgan fingerprint density at radius 3 is 2.58 bits per heavy atom. The average molecular weight is 382 g/mol. The maximum absolute atomic E-state index is 12.6. The molecule has 1 heterocycles. The van der Waals surface area contributed by atoms with Gasteiger partial charge in [0.2, 0.25) is 0 Å². The van der Waals surface area contributed by atoms with Crippen molar-refractivity contribution in [3.8, 4) is 11.1 Å². The van der Waals surface area contributed by atoms with Crippen molar-refractivity contribution in [2.24, 2.45) is 21.2 Å². The second-order valence-corrected chi connectivity index (χ2v) is 10.4. The normalized spacial score (nSPS) is 14.2. The number of thiophene rings is 1. The summed E-state index contributed by atoms with van der Waals surface area (Å²) in [5.74, 6) is -0.492. The predicted octanol–water partition coefficient (Wildman–Crippen LogP) is 3.14. The van der Waals surface area contributed by atoms with Crippen molar-refractivity contribution in [3.05, 3.63) is 53.6 Å². The first-order chi connectivity index (χ1) is 11.3. The molecule has 1 atom stereocenters. The van der Waals surface area contributed by atoms with Crippen molar-refractivity contribution in [1.82, 2.24) is 0 Å². The van der Waals surface area contributed by atoms with Crippen molar-refractivity contribution in [3.63, 3.8) is 0 Å². The molecule has 0 saturated carbocycles. The Kier molecular flexibility index (Phi) is 6.11. The van der Waals surface area contributed by atoms with Gasteiger partial charge < -0.3 is 5.73 Å². The van der Waals surface area contributed by atoms with E-state index in [1.54, 1.807) is 12.1 Å². The molecule has 0 aliphatic rings. The number of nitrogens with zero attached hydrogens (tertiary/aromatic N) is 1. The zero-order valence-electron chi connectivity index (χ0n) is 13.3. The zero-order valence-corrected chi connectivity index (χ0v) is 15.8. The summed E-state index contributed by atoms with van der Waals surface area (Å²) in [6.07, 6.45) is 1.60. The highest BCUT2D eigenvalue weighted by Gasteiger charge is 2.11. The molecule has 8 heteroatoms. The van der Waals surface area contributed by atoms with Gasteiger partial charge in [-0.25, -0.2) is 9.35 Å². The Hall–Kier alpha value is -1.74. The molecule has 0 radical (unpaired) electrons. The van der Waals surface area contributed by atoms with E-state index in [1.807, 2.05) is 49.6 Å². The van der Waals surface area contributed by atoms with Crippen LogP contribution in [0.5, 0.6) is 0 Å². The van der Waals surface area contributed by atoms with Crippen molar-refractivity contribution < 1.29 is 9.00 Å². The van der Waals surface area contributed by atoms with Crippen LogP contribution in [0.15, 0.2) is 62.1 Å². The maximum Gasteiger partial charge on any atom is 0.303 e. The molecule has 5 nitrogen and oxygen atoms in total. The van der Waals surface area contributed by atoms with Crippen molar-refractivity contribution >= 4 is 36.0 Å². The number of carbonyl (C=O) groups is 1. The van der Waals surface area contributed by atoms with E-state index in [-0.39, 0.29) is 11.6 Å². The predicted molar refractivity (Wildman–Crippen MR) is 102 cm³/mol. The molecule has 128 valence electrons. The highest BCUT2D eigenvalue weighted by atomic mass is 32.9.